The van der Waals surface area contributed by atoms with Crippen LogP contribution in [0.25, 0.3) is 22.1 Å². The van der Waals surface area contributed by atoms with Gasteiger partial charge in [0.1, 0.15) is 5.76 Å². The van der Waals surface area contributed by atoms with Gasteiger partial charge in [-0.1, -0.05) is 48.5 Å². The molecule has 0 radical (unpaired) electrons. The first-order chi connectivity index (χ1) is 13.7. The predicted molar refractivity (Wildman–Crippen MR) is 109 cm³/mol. The summed E-state index contributed by atoms with van der Waals surface area (Å²) in [6.45, 7) is 0. The fourth-order valence-corrected chi connectivity index (χ4v) is 5.09. The average molecular weight is 388 g/mol. The molecule has 0 amide bonds. The molecular formula is C23H16O4S. The van der Waals surface area contributed by atoms with Crippen molar-refractivity contribution in [3.8, 4) is 11.3 Å². The molecule has 1 aliphatic rings. The highest BCUT2D eigenvalue weighted by Crippen LogP contribution is 2.52. The second kappa shape index (κ2) is 6.46. The molecule has 2 aromatic heterocycles. The van der Waals surface area contributed by atoms with Crippen molar-refractivity contribution in [2.75, 3.05) is 7.11 Å². The van der Waals surface area contributed by atoms with E-state index in [-0.39, 0.29) is 17.5 Å². The maximum atomic E-state index is 12.9. The van der Waals surface area contributed by atoms with Crippen molar-refractivity contribution in [2.45, 2.75) is 11.8 Å². The molecular weight excluding hydrogens is 372 g/mol. The third kappa shape index (κ3) is 2.36. The van der Waals surface area contributed by atoms with Crippen molar-refractivity contribution >= 4 is 28.1 Å². The summed E-state index contributed by atoms with van der Waals surface area (Å²) in [7, 11) is 1.41. The van der Waals surface area contributed by atoms with E-state index in [1.54, 1.807) is 17.4 Å². The van der Waals surface area contributed by atoms with E-state index in [9.17, 15) is 9.59 Å². The van der Waals surface area contributed by atoms with Crippen molar-refractivity contribution in [3.63, 3.8) is 0 Å². The van der Waals surface area contributed by atoms with Crippen LogP contribution in [0.3, 0.4) is 0 Å². The van der Waals surface area contributed by atoms with Gasteiger partial charge in [-0.3, -0.25) is 4.79 Å². The number of hydrogen-bond donors (Lipinski definition) is 0. The molecule has 4 nitrogen and oxygen atoms in total. The Morgan fingerprint density at radius 3 is 2.50 bits per heavy atom. The van der Waals surface area contributed by atoms with E-state index in [0.29, 0.717) is 11.1 Å². The van der Waals surface area contributed by atoms with Crippen LogP contribution in [0, 0.1) is 0 Å². The smallest absolute Gasteiger partial charge is 0.344 e. The number of esters is 1. The number of methoxy groups -OCH3 is 1. The van der Waals surface area contributed by atoms with Gasteiger partial charge in [0.25, 0.3) is 0 Å². The van der Waals surface area contributed by atoms with E-state index in [4.69, 9.17) is 9.15 Å². The standard InChI is InChI=1S/C23H16O4S/c1-26-23(25)19-13-7-2-4-9-15(13)21-18(20(19)17-11-6-12-28-17)14-8-3-5-10-16(14)22(24)27-21/h2-12,19-20H,1H3/t19-,20-/m0/s1. The second-order valence-corrected chi connectivity index (χ2v) is 7.74. The molecule has 138 valence electrons. The van der Waals surface area contributed by atoms with Gasteiger partial charge in [0.2, 0.25) is 0 Å². The van der Waals surface area contributed by atoms with Crippen LogP contribution in [0.4, 0.5) is 0 Å². The van der Waals surface area contributed by atoms with Crippen LogP contribution >= 0.6 is 11.3 Å². The van der Waals surface area contributed by atoms with Crippen LogP contribution in [-0.4, -0.2) is 13.1 Å². The van der Waals surface area contributed by atoms with E-state index < -0.39 is 5.92 Å². The first-order valence-electron chi connectivity index (χ1n) is 8.97. The molecule has 2 aromatic carbocycles. The average Bonchev–Trinajstić information content (AvgIpc) is 3.27. The quantitative estimate of drug-likeness (QED) is 0.457. The van der Waals surface area contributed by atoms with E-state index in [0.717, 1.165) is 27.0 Å². The molecule has 5 rings (SSSR count). The minimum Gasteiger partial charge on any atom is -0.469 e. The Morgan fingerprint density at radius 2 is 1.75 bits per heavy atom. The number of carbonyl (C=O) groups excluding carboxylic acids is 1. The Kier molecular flexibility index (Phi) is 3.91. The molecule has 0 aliphatic heterocycles. The predicted octanol–water partition coefficient (Wildman–Crippen LogP) is 4.92. The van der Waals surface area contributed by atoms with Gasteiger partial charge < -0.3 is 9.15 Å². The Morgan fingerprint density at radius 1 is 1.00 bits per heavy atom. The zero-order valence-corrected chi connectivity index (χ0v) is 15.9. The minimum atomic E-state index is -0.511. The number of fused-ring (bicyclic) bond motifs is 5. The Labute approximate surface area is 165 Å². The molecule has 5 heteroatoms. The van der Waals surface area contributed by atoms with Gasteiger partial charge in [0.15, 0.2) is 0 Å². The summed E-state index contributed by atoms with van der Waals surface area (Å²) >= 11 is 1.58. The molecule has 28 heavy (non-hydrogen) atoms. The summed E-state index contributed by atoms with van der Waals surface area (Å²) in [5, 5.41) is 3.33. The van der Waals surface area contributed by atoms with Crippen LogP contribution in [0.5, 0.6) is 0 Å². The first-order valence-corrected chi connectivity index (χ1v) is 9.85. The normalized spacial score (nSPS) is 17.8. The van der Waals surface area contributed by atoms with Crippen molar-refractivity contribution in [3.05, 3.63) is 92.5 Å². The van der Waals surface area contributed by atoms with Crippen molar-refractivity contribution in [1.29, 1.82) is 0 Å². The van der Waals surface area contributed by atoms with Crippen LogP contribution in [0.1, 0.15) is 27.8 Å². The Hall–Kier alpha value is -3.18. The molecule has 2 heterocycles. The number of thiophene rings is 1. The molecule has 0 N–H and O–H groups in total. The van der Waals surface area contributed by atoms with Gasteiger partial charge in [0, 0.05) is 21.9 Å². The summed E-state index contributed by atoms with van der Waals surface area (Å²) in [4.78, 5) is 26.6. The largest absolute Gasteiger partial charge is 0.469 e. The van der Waals surface area contributed by atoms with E-state index >= 15 is 0 Å². The molecule has 0 unspecified atom stereocenters. The van der Waals surface area contributed by atoms with Gasteiger partial charge in [0.05, 0.1) is 18.4 Å². The molecule has 4 aromatic rings. The monoisotopic (exact) mass is 388 g/mol. The van der Waals surface area contributed by atoms with Gasteiger partial charge in [-0.05, 0) is 28.5 Å². The molecule has 0 saturated heterocycles. The van der Waals surface area contributed by atoms with Crippen molar-refractivity contribution in [2.24, 2.45) is 0 Å². The number of hydrogen-bond acceptors (Lipinski definition) is 5. The zero-order valence-electron chi connectivity index (χ0n) is 15.0. The lowest BCUT2D eigenvalue weighted by atomic mass is 9.72. The molecule has 0 saturated carbocycles. The lowest BCUT2D eigenvalue weighted by Crippen LogP contribution is -2.27. The summed E-state index contributed by atoms with van der Waals surface area (Å²) in [5.74, 6) is -0.556. The lowest BCUT2D eigenvalue weighted by molar-refractivity contribution is -0.142. The van der Waals surface area contributed by atoms with Gasteiger partial charge in [-0.2, -0.15) is 0 Å². The minimum absolute atomic E-state index is 0.286. The zero-order chi connectivity index (χ0) is 19.3. The Balaban J connectivity index is 1.96. The third-order valence-electron chi connectivity index (χ3n) is 5.37. The SMILES string of the molecule is COC(=O)[C@H]1c2ccccc2-c2oc(=O)c3ccccc3c2[C@@H]1c1cccs1. The van der Waals surface area contributed by atoms with Gasteiger partial charge >= 0.3 is 11.6 Å². The topological polar surface area (TPSA) is 56.5 Å². The van der Waals surface area contributed by atoms with E-state index in [1.807, 2.05) is 60.0 Å². The maximum Gasteiger partial charge on any atom is 0.344 e. The van der Waals surface area contributed by atoms with Crippen LogP contribution in [-0.2, 0) is 9.53 Å². The summed E-state index contributed by atoms with van der Waals surface area (Å²) in [5.41, 5.74) is 2.08. The van der Waals surface area contributed by atoms with Crippen LogP contribution in [0.15, 0.2) is 75.3 Å². The molecule has 0 bridgehead atoms. The first kappa shape index (κ1) is 17.0. The molecule has 0 fully saturated rings. The number of carbonyl (C=O) groups is 1. The molecule has 1 aliphatic carbocycles. The summed E-state index contributed by atoms with van der Waals surface area (Å²) < 4.78 is 11.0. The van der Waals surface area contributed by atoms with Gasteiger partial charge in [-0.15, -0.1) is 11.3 Å². The third-order valence-corrected chi connectivity index (χ3v) is 6.32. The Bertz CT molecular complexity index is 1250. The summed E-state index contributed by atoms with van der Waals surface area (Å²) in [6.07, 6.45) is 0. The van der Waals surface area contributed by atoms with Crippen molar-refractivity contribution < 1.29 is 13.9 Å². The molecule has 0 spiro atoms. The van der Waals surface area contributed by atoms with Crippen molar-refractivity contribution in [1.82, 2.24) is 0 Å². The van der Waals surface area contributed by atoms with Crippen LogP contribution in [0.2, 0.25) is 0 Å². The van der Waals surface area contributed by atoms with E-state index in [2.05, 4.69) is 0 Å². The summed E-state index contributed by atoms with van der Waals surface area (Å²) in [6, 6.07) is 19.0. The van der Waals surface area contributed by atoms with Crippen LogP contribution < -0.4 is 5.63 Å². The highest BCUT2D eigenvalue weighted by atomic mass is 32.1. The van der Waals surface area contributed by atoms with E-state index in [1.165, 1.54) is 7.11 Å². The highest BCUT2D eigenvalue weighted by Gasteiger charge is 2.42. The highest BCUT2D eigenvalue weighted by molar-refractivity contribution is 7.10. The lowest BCUT2D eigenvalue weighted by Gasteiger charge is -2.33. The van der Waals surface area contributed by atoms with Gasteiger partial charge in [-0.25, -0.2) is 4.79 Å². The fourth-order valence-electron chi connectivity index (χ4n) is 4.22. The second-order valence-electron chi connectivity index (χ2n) is 6.76. The number of benzene rings is 2. The molecule has 2 atom stereocenters. The number of ether oxygens (including phenoxy) is 1. The fraction of sp³-hybridized carbons (Fsp3) is 0.130. The maximum absolute atomic E-state index is 12.9. The number of rotatable bonds is 2.